The van der Waals surface area contributed by atoms with Crippen LogP contribution in [-0.4, -0.2) is 3.92 Å². The summed E-state index contributed by atoms with van der Waals surface area (Å²) in [7, 11) is 0. The average molecular weight is 264 g/mol. The predicted molar refractivity (Wildman–Crippen MR) is 59.1 cm³/mol. The van der Waals surface area contributed by atoms with E-state index in [0.717, 1.165) is 15.8 Å². The van der Waals surface area contributed by atoms with Gasteiger partial charge in [0.25, 0.3) is 0 Å². The van der Waals surface area contributed by atoms with Crippen LogP contribution in [0, 0.1) is 11.8 Å². The van der Waals surface area contributed by atoms with Crippen molar-refractivity contribution in [1.29, 1.82) is 0 Å². The van der Waals surface area contributed by atoms with Gasteiger partial charge in [0.2, 0.25) is 0 Å². The lowest BCUT2D eigenvalue weighted by Gasteiger charge is -2.26. The van der Waals surface area contributed by atoms with E-state index in [9.17, 15) is 0 Å². The van der Waals surface area contributed by atoms with Crippen LogP contribution in [0.1, 0.15) is 33.6 Å². The van der Waals surface area contributed by atoms with Crippen LogP contribution in [0.3, 0.4) is 0 Å². The van der Waals surface area contributed by atoms with Crippen molar-refractivity contribution < 1.29 is 0 Å². The fraction of sp³-hybridized carbons (Fsp3) is 0.800. The van der Waals surface area contributed by atoms with Gasteiger partial charge in [-0.2, -0.15) is 0 Å². The Bertz CT molecular complexity index is 158. The molecule has 0 saturated carbocycles. The highest BCUT2D eigenvalue weighted by Gasteiger charge is 2.20. The maximum Gasteiger partial charge on any atom is 0.0150 e. The largest absolute Gasteiger partial charge is 0.0838 e. The van der Waals surface area contributed by atoms with E-state index in [4.69, 9.17) is 0 Å². The average Bonchev–Trinajstić information content (AvgIpc) is 1.85. The number of rotatable bonds is 1. The zero-order valence-corrected chi connectivity index (χ0v) is 9.76. The zero-order chi connectivity index (χ0) is 8.43. The number of hydrogen-bond donors (Lipinski definition) is 0. The molecule has 1 rings (SSSR count). The van der Waals surface area contributed by atoms with E-state index in [1.807, 2.05) is 0 Å². The first-order chi connectivity index (χ1) is 5.11. The van der Waals surface area contributed by atoms with E-state index in [-0.39, 0.29) is 0 Å². The molecule has 1 unspecified atom stereocenters. The lowest BCUT2D eigenvalue weighted by Crippen LogP contribution is -2.16. The highest BCUT2D eigenvalue weighted by atomic mass is 127. The maximum absolute atomic E-state index is 2.56. The van der Waals surface area contributed by atoms with E-state index < -0.39 is 0 Å². The summed E-state index contributed by atoms with van der Waals surface area (Å²) in [5.41, 5.74) is 1.68. The molecule has 0 spiro atoms. The van der Waals surface area contributed by atoms with Crippen molar-refractivity contribution in [2.75, 3.05) is 0 Å². The molecule has 0 saturated heterocycles. The van der Waals surface area contributed by atoms with Gasteiger partial charge in [0.15, 0.2) is 0 Å². The molecule has 11 heavy (non-hydrogen) atoms. The molecule has 0 heterocycles. The molecule has 0 radical (unpaired) electrons. The van der Waals surface area contributed by atoms with Gasteiger partial charge in [-0.1, -0.05) is 55.0 Å². The Hall–Kier alpha value is 0.470. The van der Waals surface area contributed by atoms with Crippen LogP contribution < -0.4 is 0 Å². The van der Waals surface area contributed by atoms with E-state index in [0.29, 0.717) is 0 Å². The number of hydrogen-bond acceptors (Lipinski definition) is 0. The molecule has 0 bridgehead atoms. The molecule has 2 atom stereocenters. The smallest absolute Gasteiger partial charge is 0.0150 e. The van der Waals surface area contributed by atoms with Crippen LogP contribution in [0.15, 0.2) is 11.6 Å². The van der Waals surface area contributed by atoms with Crippen molar-refractivity contribution >= 4 is 22.6 Å². The molecule has 0 aliphatic heterocycles. The van der Waals surface area contributed by atoms with Crippen LogP contribution in [0.4, 0.5) is 0 Å². The standard InChI is InChI=1S/C10H17I/c1-7(2)10-5-4-9(11)6-8(10)3/h5,7-9H,4,6H2,1-3H3/t8-,9?/m0/s1. The normalized spacial score (nSPS) is 32.3. The Labute approximate surface area is 83.6 Å². The van der Waals surface area contributed by atoms with E-state index in [1.165, 1.54) is 12.8 Å². The molecular weight excluding hydrogens is 247 g/mol. The van der Waals surface area contributed by atoms with Gasteiger partial charge in [0.1, 0.15) is 0 Å². The first kappa shape index (κ1) is 9.56. The topological polar surface area (TPSA) is 0 Å². The van der Waals surface area contributed by atoms with Gasteiger partial charge in [-0.05, 0) is 24.7 Å². The van der Waals surface area contributed by atoms with Crippen LogP contribution in [0.5, 0.6) is 0 Å². The first-order valence-corrected chi connectivity index (χ1v) is 5.69. The first-order valence-electron chi connectivity index (χ1n) is 4.45. The lowest BCUT2D eigenvalue weighted by atomic mass is 9.83. The monoisotopic (exact) mass is 264 g/mol. The molecule has 0 nitrogen and oxygen atoms in total. The van der Waals surface area contributed by atoms with Crippen molar-refractivity contribution in [2.45, 2.75) is 37.5 Å². The zero-order valence-electron chi connectivity index (χ0n) is 7.60. The molecular formula is C10H17I. The molecule has 0 aromatic rings. The van der Waals surface area contributed by atoms with Crippen molar-refractivity contribution in [3.05, 3.63) is 11.6 Å². The van der Waals surface area contributed by atoms with Gasteiger partial charge < -0.3 is 0 Å². The van der Waals surface area contributed by atoms with Crippen molar-refractivity contribution in [2.24, 2.45) is 11.8 Å². The summed E-state index contributed by atoms with van der Waals surface area (Å²) in [6.45, 7) is 6.96. The Morgan fingerprint density at radius 1 is 1.55 bits per heavy atom. The molecule has 0 fully saturated rings. The minimum absolute atomic E-state index is 0.758. The van der Waals surface area contributed by atoms with Crippen molar-refractivity contribution in [1.82, 2.24) is 0 Å². The van der Waals surface area contributed by atoms with Crippen molar-refractivity contribution in [3.63, 3.8) is 0 Å². The number of allylic oxidation sites excluding steroid dienone is 2. The summed E-state index contributed by atoms with van der Waals surface area (Å²) in [5.74, 6) is 1.58. The second kappa shape index (κ2) is 3.92. The SMILES string of the molecule is CC(C)C1=CCC(I)C[C@@H]1C. The Morgan fingerprint density at radius 2 is 2.18 bits per heavy atom. The van der Waals surface area contributed by atoms with Gasteiger partial charge >= 0.3 is 0 Å². The molecule has 1 heteroatoms. The second-order valence-electron chi connectivity index (χ2n) is 3.83. The maximum atomic E-state index is 2.56. The number of alkyl halides is 1. The molecule has 0 amide bonds. The highest BCUT2D eigenvalue weighted by molar-refractivity contribution is 14.1. The number of halogens is 1. The third-order valence-electron chi connectivity index (χ3n) is 2.45. The minimum Gasteiger partial charge on any atom is -0.0838 e. The molecule has 0 aromatic carbocycles. The Morgan fingerprint density at radius 3 is 2.64 bits per heavy atom. The molecule has 1 aliphatic rings. The van der Waals surface area contributed by atoms with Gasteiger partial charge in [-0.3, -0.25) is 0 Å². The van der Waals surface area contributed by atoms with Crippen molar-refractivity contribution in [3.8, 4) is 0 Å². The molecule has 0 aromatic heterocycles. The lowest BCUT2D eigenvalue weighted by molar-refractivity contribution is 0.513. The fourth-order valence-electron chi connectivity index (χ4n) is 1.89. The van der Waals surface area contributed by atoms with E-state index in [2.05, 4.69) is 49.4 Å². The minimum atomic E-state index is 0.758. The third-order valence-corrected chi connectivity index (χ3v) is 3.47. The molecule has 1 aliphatic carbocycles. The Balaban J connectivity index is 2.65. The summed E-state index contributed by atoms with van der Waals surface area (Å²) < 4.78 is 0.880. The fourth-order valence-corrected chi connectivity index (χ4v) is 2.90. The molecule has 64 valence electrons. The van der Waals surface area contributed by atoms with Gasteiger partial charge in [-0.25, -0.2) is 0 Å². The van der Waals surface area contributed by atoms with E-state index >= 15 is 0 Å². The second-order valence-corrected chi connectivity index (χ2v) is 5.59. The van der Waals surface area contributed by atoms with Crippen LogP contribution >= 0.6 is 22.6 Å². The quantitative estimate of drug-likeness (QED) is 0.384. The summed E-state index contributed by atoms with van der Waals surface area (Å²) >= 11 is 2.56. The summed E-state index contributed by atoms with van der Waals surface area (Å²) in [6.07, 6.45) is 5.12. The Kier molecular flexibility index (Phi) is 3.41. The highest BCUT2D eigenvalue weighted by Crippen LogP contribution is 2.32. The predicted octanol–water partition coefficient (Wildman–Crippen LogP) is 3.80. The van der Waals surface area contributed by atoms with Crippen LogP contribution in [0.25, 0.3) is 0 Å². The van der Waals surface area contributed by atoms with Gasteiger partial charge in [0, 0.05) is 3.92 Å². The van der Waals surface area contributed by atoms with Gasteiger partial charge in [-0.15, -0.1) is 0 Å². The van der Waals surface area contributed by atoms with E-state index in [1.54, 1.807) is 5.57 Å². The summed E-state index contributed by atoms with van der Waals surface area (Å²) in [5, 5.41) is 0. The summed E-state index contributed by atoms with van der Waals surface area (Å²) in [6, 6.07) is 0. The summed E-state index contributed by atoms with van der Waals surface area (Å²) in [4.78, 5) is 0. The molecule has 0 N–H and O–H groups in total. The van der Waals surface area contributed by atoms with Crippen LogP contribution in [0.2, 0.25) is 0 Å². The third kappa shape index (κ3) is 2.46. The van der Waals surface area contributed by atoms with Gasteiger partial charge in [0.05, 0.1) is 0 Å². The van der Waals surface area contributed by atoms with Crippen LogP contribution in [-0.2, 0) is 0 Å².